The van der Waals surface area contributed by atoms with E-state index in [2.05, 4.69) is 26.9 Å². The van der Waals surface area contributed by atoms with Gasteiger partial charge >= 0.3 is 0 Å². The fourth-order valence-electron chi connectivity index (χ4n) is 4.02. The Bertz CT molecular complexity index is 788. The van der Waals surface area contributed by atoms with Gasteiger partial charge < -0.3 is 19.3 Å². The van der Waals surface area contributed by atoms with E-state index in [9.17, 15) is 0 Å². The monoisotopic (exact) mass is 368 g/mol. The second kappa shape index (κ2) is 8.03. The van der Waals surface area contributed by atoms with Crippen molar-refractivity contribution in [3.05, 3.63) is 35.5 Å². The molecule has 1 aromatic carbocycles. The minimum atomic E-state index is 0.783. The quantitative estimate of drug-likeness (QED) is 0.824. The number of fused-ring (bicyclic) bond motifs is 1. The van der Waals surface area contributed by atoms with Crippen LogP contribution in [0.3, 0.4) is 0 Å². The third-order valence-corrected chi connectivity index (χ3v) is 5.56. The Balaban J connectivity index is 1.56. The third-order valence-electron chi connectivity index (χ3n) is 5.56. The van der Waals surface area contributed by atoms with E-state index in [1.807, 2.05) is 12.3 Å². The molecule has 1 fully saturated rings. The maximum absolute atomic E-state index is 5.48. The zero-order valence-corrected chi connectivity index (χ0v) is 16.3. The minimum absolute atomic E-state index is 0.783. The van der Waals surface area contributed by atoms with Crippen LogP contribution in [0.2, 0.25) is 0 Å². The lowest BCUT2D eigenvalue weighted by Gasteiger charge is -2.31. The van der Waals surface area contributed by atoms with E-state index < -0.39 is 0 Å². The molecule has 4 rings (SSSR count). The van der Waals surface area contributed by atoms with Gasteiger partial charge in [-0.1, -0.05) is 12.8 Å². The normalized spacial score (nSPS) is 17.3. The number of anilines is 2. The lowest BCUT2D eigenvalue weighted by molar-refractivity contribution is 0.353. The van der Waals surface area contributed by atoms with Crippen LogP contribution in [0, 0.1) is 0 Å². The largest absolute Gasteiger partial charge is 0.493 e. The standard InChI is InChI=1S/C21H28N4O2/c1-26-18-13-16-8-12-25(15-17(16)14-19(18)27-2)20-7-9-22-21(23-20)24-10-5-3-4-6-11-24/h7,9,13-14H,3-6,8,10-12,15H2,1-2H3. The van der Waals surface area contributed by atoms with Gasteiger partial charge in [-0.25, -0.2) is 4.98 Å². The summed E-state index contributed by atoms with van der Waals surface area (Å²) in [7, 11) is 3.37. The van der Waals surface area contributed by atoms with Crippen LogP contribution < -0.4 is 19.3 Å². The van der Waals surface area contributed by atoms with Gasteiger partial charge in [0.25, 0.3) is 0 Å². The summed E-state index contributed by atoms with van der Waals surface area (Å²) in [5.74, 6) is 3.46. The van der Waals surface area contributed by atoms with Crippen LogP contribution in [0.25, 0.3) is 0 Å². The Kier molecular flexibility index (Phi) is 5.32. The molecule has 0 atom stereocenters. The average Bonchev–Trinajstić information content (AvgIpc) is 3.02. The van der Waals surface area contributed by atoms with Crippen LogP contribution in [-0.2, 0) is 13.0 Å². The predicted molar refractivity (Wildman–Crippen MR) is 107 cm³/mol. The van der Waals surface area contributed by atoms with Crippen LogP contribution in [0.5, 0.6) is 11.5 Å². The fourth-order valence-corrected chi connectivity index (χ4v) is 4.02. The molecule has 1 saturated heterocycles. The second-order valence-corrected chi connectivity index (χ2v) is 7.26. The molecule has 0 N–H and O–H groups in total. The average molecular weight is 368 g/mol. The summed E-state index contributed by atoms with van der Waals surface area (Å²) < 4.78 is 10.9. The Labute approximate surface area is 161 Å². The van der Waals surface area contributed by atoms with Crippen LogP contribution in [0.1, 0.15) is 36.8 Å². The molecule has 6 nitrogen and oxygen atoms in total. The number of hydrogen-bond donors (Lipinski definition) is 0. The van der Waals surface area contributed by atoms with Crippen LogP contribution in [0.4, 0.5) is 11.8 Å². The Morgan fingerprint density at radius 3 is 2.26 bits per heavy atom. The van der Waals surface area contributed by atoms with Crippen molar-refractivity contribution in [1.82, 2.24) is 9.97 Å². The molecular formula is C21H28N4O2. The molecule has 0 unspecified atom stereocenters. The first-order valence-corrected chi connectivity index (χ1v) is 9.85. The summed E-state index contributed by atoms with van der Waals surface area (Å²) in [5, 5.41) is 0. The van der Waals surface area contributed by atoms with E-state index in [-0.39, 0.29) is 0 Å². The van der Waals surface area contributed by atoms with Gasteiger partial charge in [0.1, 0.15) is 5.82 Å². The number of methoxy groups -OCH3 is 2. The van der Waals surface area contributed by atoms with Crippen molar-refractivity contribution in [3.8, 4) is 11.5 Å². The van der Waals surface area contributed by atoms with Crippen LogP contribution in [0.15, 0.2) is 24.4 Å². The van der Waals surface area contributed by atoms with E-state index in [1.54, 1.807) is 14.2 Å². The van der Waals surface area contributed by atoms with Crippen molar-refractivity contribution in [2.24, 2.45) is 0 Å². The smallest absolute Gasteiger partial charge is 0.227 e. The van der Waals surface area contributed by atoms with Gasteiger partial charge in [-0.15, -0.1) is 0 Å². The van der Waals surface area contributed by atoms with Crippen molar-refractivity contribution in [1.29, 1.82) is 0 Å². The number of ether oxygens (including phenoxy) is 2. The lowest BCUT2D eigenvalue weighted by atomic mass is 9.99. The summed E-state index contributed by atoms with van der Waals surface area (Å²) in [6, 6.07) is 6.22. The van der Waals surface area contributed by atoms with Crippen molar-refractivity contribution < 1.29 is 9.47 Å². The maximum atomic E-state index is 5.48. The molecule has 0 spiro atoms. The topological polar surface area (TPSA) is 50.7 Å². The van der Waals surface area contributed by atoms with Gasteiger partial charge in [-0.2, -0.15) is 4.98 Å². The molecule has 144 valence electrons. The molecule has 0 aliphatic carbocycles. The van der Waals surface area contributed by atoms with E-state index >= 15 is 0 Å². The molecule has 0 radical (unpaired) electrons. The van der Waals surface area contributed by atoms with E-state index in [4.69, 9.17) is 14.5 Å². The first-order valence-electron chi connectivity index (χ1n) is 9.85. The predicted octanol–water partition coefficient (Wildman–Crippen LogP) is 3.44. The van der Waals surface area contributed by atoms with Gasteiger partial charge in [-0.3, -0.25) is 0 Å². The van der Waals surface area contributed by atoms with Gasteiger partial charge in [0.05, 0.1) is 14.2 Å². The molecule has 2 aliphatic heterocycles. The number of hydrogen-bond acceptors (Lipinski definition) is 6. The Hall–Kier alpha value is -2.50. The highest BCUT2D eigenvalue weighted by Crippen LogP contribution is 2.34. The lowest BCUT2D eigenvalue weighted by Crippen LogP contribution is -2.32. The van der Waals surface area contributed by atoms with E-state index in [0.717, 1.165) is 55.9 Å². The second-order valence-electron chi connectivity index (χ2n) is 7.26. The van der Waals surface area contributed by atoms with Gasteiger partial charge in [0, 0.05) is 32.4 Å². The molecule has 27 heavy (non-hydrogen) atoms. The molecule has 1 aromatic heterocycles. The minimum Gasteiger partial charge on any atom is -0.493 e. The fraction of sp³-hybridized carbons (Fsp3) is 0.524. The highest BCUT2D eigenvalue weighted by Gasteiger charge is 2.21. The molecule has 3 heterocycles. The van der Waals surface area contributed by atoms with Crippen molar-refractivity contribution >= 4 is 11.8 Å². The first kappa shape index (κ1) is 17.9. The van der Waals surface area contributed by atoms with Gasteiger partial charge in [0.2, 0.25) is 5.95 Å². The highest BCUT2D eigenvalue weighted by molar-refractivity contribution is 5.52. The van der Waals surface area contributed by atoms with Crippen molar-refractivity contribution in [3.63, 3.8) is 0 Å². The summed E-state index contributed by atoms with van der Waals surface area (Å²) in [4.78, 5) is 14.1. The van der Waals surface area contributed by atoms with Crippen molar-refractivity contribution in [2.75, 3.05) is 43.7 Å². The van der Waals surface area contributed by atoms with Crippen LogP contribution in [-0.4, -0.2) is 43.8 Å². The molecule has 2 aromatic rings. The number of benzene rings is 1. The summed E-state index contributed by atoms with van der Waals surface area (Å²) >= 11 is 0. The van der Waals surface area contributed by atoms with Crippen molar-refractivity contribution in [2.45, 2.75) is 38.6 Å². The maximum Gasteiger partial charge on any atom is 0.227 e. The Morgan fingerprint density at radius 2 is 1.56 bits per heavy atom. The zero-order valence-electron chi connectivity index (χ0n) is 16.3. The highest BCUT2D eigenvalue weighted by atomic mass is 16.5. The molecule has 2 aliphatic rings. The third kappa shape index (κ3) is 3.80. The molecule has 6 heteroatoms. The first-order chi connectivity index (χ1) is 13.3. The molecule has 0 amide bonds. The number of rotatable bonds is 4. The summed E-state index contributed by atoms with van der Waals surface area (Å²) in [6.07, 6.45) is 7.94. The molecular weight excluding hydrogens is 340 g/mol. The van der Waals surface area contributed by atoms with Gasteiger partial charge in [-0.05, 0) is 48.6 Å². The van der Waals surface area contributed by atoms with Crippen LogP contribution >= 0.6 is 0 Å². The Morgan fingerprint density at radius 1 is 0.852 bits per heavy atom. The number of aromatic nitrogens is 2. The van der Waals surface area contributed by atoms with E-state index in [1.165, 1.54) is 36.8 Å². The SMILES string of the molecule is COc1cc2c(cc1OC)CN(c1ccnc(N3CCCCCC3)n1)CC2. The zero-order chi connectivity index (χ0) is 18.6. The van der Waals surface area contributed by atoms with Gasteiger partial charge in [0.15, 0.2) is 11.5 Å². The summed E-state index contributed by atoms with van der Waals surface area (Å²) in [5.41, 5.74) is 2.60. The molecule has 0 saturated carbocycles. The number of nitrogens with zero attached hydrogens (tertiary/aromatic N) is 4. The molecule has 0 bridgehead atoms. The van der Waals surface area contributed by atoms with E-state index in [0.29, 0.717) is 0 Å². The summed E-state index contributed by atoms with van der Waals surface area (Å²) in [6.45, 7) is 3.89.